The third-order valence-electron chi connectivity index (χ3n) is 4.98. The molecule has 1 amide bonds. The predicted molar refractivity (Wildman–Crippen MR) is 99.0 cm³/mol. The zero-order chi connectivity index (χ0) is 20.4. The molecule has 0 saturated carbocycles. The number of amides is 1. The van der Waals surface area contributed by atoms with E-state index in [0.29, 0.717) is 37.7 Å². The molecule has 0 spiro atoms. The molecule has 152 valence electrons. The molecule has 1 aliphatic heterocycles. The van der Waals surface area contributed by atoms with Gasteiger partial charge in [0.1, 0.15) is 0 Å². The number of alkyl halides is 3. The molecular formula is C19H19F3N6O. The minimum absolute atomic E-state index is 0.0941. The highest BCUT2D eigenvalue weighted by Crippen LogP contribution is 2.30. The number of carbonyl (C=O) groups excluding carboxylic acids is 1. The smallest absolute Gasteiger partial charge is 0.352 e. The lowest BCUT2D eigenvalue weighted by atomic mass is 9.97. The van der Waals surface area contributed by atoms with E-state index in [0.717, 1.165) is 24.2 Å². The van der Waals surface area contributed by atoms with E-state index in [1.807, 2.05) is 11.0 Å². The Bertz CT molecular complexity index is 1000. The minimum atomic E-state index is -4.45. The maximum atomic E-state index is 13.1. The summed E-state index contributed by atoms with van der Waals surface area (Å²) in [5.74, 6) is -0.0576. The van der Waals surface area contributed by atoms with Gasteiger partial charge >= 0.3 is 6.18 Å². The molecule has 29 heavy (non-hydrogen) atoms. The first-order chi connectivity index (χ1) is 13.9. The van der Waals surface area contributed by atoms with Gasteiger partial charge in [-0.25, -0.2) is 0 Å². The highest BCUT2D eigenvalue weighted by atomic mass is 19.4. The number of hydrogen-bond donors (Lipinski definition) is 1. The molecule has 1 atom stereocenters. The highest BCUT2D eigenvalue weighted by molar-refractivity contribution is 5.79. The summed E-state index contributed by atoms with van der Waals surface area (Å²) in [7, 11) is 0. The molecular weight excluding hydrogens is 385 g/mol. The van der Waals surface area contributed by atoms with Gasteiger partial charge in [-0.3, -0.25) is 14.2 Å². The molecule has 1 fully saturated rings. The number of piperidine rings is 1. The quantitative estimate of drug-likeness (QED) is 0.724. The summed E-state index contributed by atoms with van der Waals surface area (Å²) in [6, 6.07) is 5.95. The van der Waals surface area contributed by atoms with E-state index >= 15 is 0 Å². The number of hydrogen-bond acceptors (Lipinski definition) is 5. The Hall–Kier alpha value is -3.17. The fourth-order valence-corrected chi connectivity index (χ4v) is 3.47. The Morgan fingerprint density at radius 1 is 1.24 bits per heavy atom. The Kier molecular flexibility index (Phi) is 5.08. The van der Waals surface area contributed by atoms with Crippen molar-refractivity contribution in [2.45, 2.75) is 25.6 Å². The van der Waals surface area contributed by atoms with Gasteiger partial charge in [0.2, 0.25) is 11.9 Å². The number of aromatic nitrogens is 4. The van der Waals surface area contributed by atoms with Crippen LogP contribution >= 0.6 is 0 Å². The van der Waals surface area contributed by atoms with Crippen molar-refractivity contribution in [3.05, 3.63) is 54.0 Å². The fraction of sp³-hybridized carbons (Fsp3) is 0.368. The van der Waals surface area contributed by atoms with E-state index in [4.69, 9.17) is 0 Å². The van der Waals surface area contributed by atoms with E-state index in [2.05, 4.69) is 20.5 Å². The first kappa shape index (κ1) is 19.2. The molecule has 3 aromatic heterocycles. The Morgan fingerprint density at radius 3 is 2.86 bits per heavy atom. The van der Waals surface area contributed by atoms with Crippen LogP contribution in [-0.2, 0) is 17.5 Å². The molecule has 0 radical (unpaired) electrons. The van der Waals surface area contributed by atoms with Crippen LogP contribution < -0.4 is 10.2 Å². The van der Waals surface area contributed by atoms with Crippen LogP contribution in [0.2, 0.25) is 0 Å². The van der Waals surface area contributed by atoms with Crippen molar-refractivity contribution in [2.24, 2.45) is 5.92 Å². The first-order valence-corrected chi connectivity index (χ1v) is 9.25. The van der Waals surface area contributed by atoms with Gasteiger partial charge < -0.3 is 10.2 Å². The SMILES string of the molecule is O=C(NCc1cccnc1)C1CCCN(c2nnc3ccc(C(F)(F)F)cn23)C1. The standard InChI is InChI=1S/C19H19F3N6O/c20-19(21,22)15-5-6-16-25-26-18(28(16)12-15)27-8-2-4-14(11-27)17(29)24-10-13-3-1-7-23-9-13/h1,3,5-7,9,12,14H,2,4,8,10-11H2,(H,24,29). The topological polar surface area (TPSA) is 75.4 Å². The fourth-order valence-electron chi connectivity index (χ4n) is 3.47. The molecule has 1 unspecified atom stereocenters. The van der Waals surface area contributed by atoms with E-state index in [1.165, 1.54) is 10.5 Å². The van der Waals surface area contributed by atoms with Crippen LogP contribution in [-0.4, -0.2) is 38.6 Å². The van der Waals surface area contributed by atoms with Crippen molar-refractivity contribution >= 4 is 17.5 Å². The van der Waals surface area contributed by atoms with Crippen molar-refractivity contribution in [2.75, 3.05) is 18.0 Å². The average Bonchev–Trinajstić information content (AvgIpc) is 3.15. The summed E-state index contributed by atoms with van der Waals surface area (Å²) in [6.45, 7) is 1.35. The maximum Gasteiger partial charge on any atom is 0.417 e. The van der Waals surface area contributed by atoms with E-state index < -0.39 is 11.7 Å². The van der Waals surface area contributed by atoms with Gasteiger partial charge in [-0.1, -0.05) is 6.07 Å². The Labute approximate surface area is 164 Å². The number of anilines is 1. The van der Waals surface area contributed by atoms with Crippen LogP contribution in [0.15, 0.2) is 42.9 Å². The van der Waals surface area contributed by atoms with Gasteiger partial charge in [0.25, 0.3) is 0 Å². The van der Waals surface area contributed by atoms with E-state index in [1.54, 1.807) is 18.5 Å². The second-order valence-corrected chi connectivity index (χ2v) is 7.01. The van der Waals surface area contributed by atoms with E-state index in [9.17, 15) is 18.0 Å². The van der Waals surface area contributed by atoms with Crippen molar-refractivity contribution < 1.29 is 18.0 Å². The lowest BCUT2D eigenvalue weighted by Crippen LogP contribution is -2.43. The van der Waals surface area contributed by atoms with Gasteiger partial charge in [-0.05, 0) is 36.6 Å². The van der Waals surface area contributed by atoms with Crippen molar-refractivity contribution in [3.63, 3.8) is 0 Å². The molecule has 7 nitrogen and oxygen atoms in total. The van der Waals surface area contributed by atoms with Gasteiger partial charge in [0.05, 0.1) is 11.5 Å². The summed E-state index contributed by atoms with van der Waals surface area (Å²) >= 11 is 0. The van der Waals surface area contributed by atoms with Crippen molar-refractivity contribution in [1.82, 2.24) is 24.9 Å². The van der Waals surface area contributed by atoms with Crippen molar-refractivity contribution in [1.29, 1.82) is 0 Å². The number of pyridine rings is 2. The lowest BCUT2D eigenvalue weighted by Gasteiger charge is -2.32. The number of rotatable bonds is 4. The molecule has 1 aliphatic rings. The molecule has 1 N–H and O–H groups in total. The molecule has 10 heteroatoms. The van der Waals surface area contributed by atoms with Crippen LogP contribution in [0.5, 0.6) is 0 Å². The van der Waals surface area contributed by atoms with Crippen LogP contribution in [0.3, 0.4) is 0 Å². The summed E-state index contributed by atoms with van der Waals surface area (Å²) in [5, 5.41) is 10.9. The zero-order valence-corrected chi connectivity index (χ0v) is 15.4. The third-order valence-corrected chi connectivity index (χ3v) is 4.98. The largest absolute Gasteiger partial charge is 0.417 e. The van der Waals surface area contributed by atoms with Crippen LogP contribution in [0.1, 0.15) is 24.0 Å². The van der Waals surface area contributed by atoms with Gasteiger partial charge in [0, 0.05) is 38.2 Å². The molecule has 0 aromatic carbocycles. The number of halogens is 3. The maximum absolute atomic E-state index is 13.1. The van der Waals surface area contributed by atoms with Gasteiger partial charge in [-0.15, -0.1) is 10.2 Å². The summed E-state index contributed by atoms with van der Waals surface area (Å²) in [5.41, 5.74) is 0.460. The molecule has 0 bridgehead atoms. The summed E-state index contributed by atoms with van der Waals surface area (Å²) in [6.07, 6.45) is 1.34. The Balaban J connectivity index is 1.49. The van der Waals surface area contributed by atoms with Gasteiger partial charge in [-0.2, -0.15) is 13.2 Å². The number of nitrogens with one attached hydrogen (secondary N) is 1. The molecule has 4 rings (SSSR count). The Morgan fingerprint density at radius 2 is 2.10 bits per heavy atom. The average molecular weight is 404 g/mol. The van der Waals surface area contributed by atoms with Crippen molar-refractivity contribution in [3.8, 4) is 0 Å². The molecule has 4 heterocycles. The second kappa shape index (κ2) is 7.69. The minimum Gasteiger partial charge on any atom is -0.352 e. The van der Waals surface area contributed by atoms with E-state index in [-0.39, 0.29) is 11.8 Å². The molecule has 3 aromatic rings. The van der Waals surface area contributed by atoms with Crippen LogP contribution in [0.4, 0.5) is 19.1 Å². The monoisotopic (exact) mass is 404 g/mol. The summed E-state index contributed by atoms with van der Waals surface area (Å²) < 4.78 is 40.5. The van der Waals surface area contributed by atoms with Crippen LogP contribution in [0, 0.1) is 5.92 Å². The van der Waals surface area contributed by atoms with Gasteiger partial charge in [0.15, 0.2) is 5.65 Å². The number of fused-ring (bicyclic) bond motifs is 1. The lowest BCUT2D eigenvalue weighted by molar-refractivity contribution is -0.137. The third kappa shape index (κ3) is 4.15. The predicted octanol–water partition coefficient (Wildman–Crippen LogP) is 2.68. The summed E-state index contributed by atoms with van der Waals surface area (Å²) in [4.78, 5) is 18.4. The normalized spacial score (nSPS) is 17.5. The number of carbonyl (C=O) groups is 1. The highest BCUT2D eigenvalue weighted by Gasteiger charge is 2.32. The second-order valence-electron chi connectivity index (χ2n) is 7.01. The first-order valence-electron chi connectivity index (χ1n) is 9.25. The van der Waals surface area contributed by atoms with Crippen LogP contribution in [0.25, 0.3) is 5.65 Å². The molecule has 1 saturated heterocycles. The zero-order valence-electron chi connectivity index (χ0n) is 15.4. The molecule has 0 aliphatic carbocycles. The number of nitrogens with zero attached hydrogens (tertiary/aromatic N) is 5.